The number of hydrogen-bond donors (Lipinski definition) is 0. The van der Waals surface area contributed by atoms with Crippen molar-refractivity contribution in [1.29, 1.82) is 0 Å². The monoisotopic (exact) mass is 746 g/mol. The molecule has 57 heavy (non-hydrogen) atoms. The highest BCUT2D eigenvalue weighted by atomic mass is 32.1. The van der Waals surface area contributed by atoms with Gasteiger partial charge in [0.05, 0.1) is 11.0 Å². The zero-order valence-electron chi connectivity index (χ0n) is 30.4. The van der Waals surface area contributed by atoms with Gasteiger partial charge in [0.2, 0.25) is 0 Å². The third kappa shape index (κ3) is 5.04. The van der Waals surface area contributed by atoms with E-state index in [1.807, 2.05) is 72.0 Å². The number of rotatable bonds is 5. The van der Waals surface area contributed by atoms with E-state index in [-0.39, 0.29) is 0 Å². The molecule has 6 heteroatoms. The molecule has 8 aromatic carbocycles. The zero-order valence-corrected chi connectivity index (χ0v) is 31.2. The van der Waals surface area contributed by atoms with Crippen LogP contribution >= 0.6 is 11.3 Å². The summed E-state index contributed by atoms with van der Waals surface area (Å²) in [6.45, 7) is 0. The normalized spacial score (nSPS) is 11.9. The average molecular weight is 747 g/mol. The summed E-state index contributed by atoms with van der Waals surface area (Å²) in [5.41, 5.74) is 10.4. The summed E-state index contributed by atoms with van der Waals surface area (Å²) >= 11 is 1.81. The number of furan rings is 1. The van der Waals surface area contributed by atoms with Gasteiger partial charge in [-0.3, -0.25) is 0 Å². The molecule has 0 aliphatic rings. The predicted molar refractivity (Wildman–Crippen MR) is 236 cm³/mol. The summed E-state index contributed by atoms with van der Waals surface area (Å²) in [4.78, 5) is 15.1. The van der Waals surface area contributed by atoms with Crippen molar-refractivity contribution in [2.24, 2.45) is 0 Å². The SMILES string of the molecule is c1ccc(-c2nc(-c3ccccc3)nc(-c3cccc4sc5c(-c6ccc7oc8ccc(-n9c%10ccccc%10c%10ccccc%109)cc8c7c6)cccc5c34)n2)cc1. The van der Waals surface area contributed by atoms with Crippen LogP contribution in [0.15, 0.2) is 186 Å². The molecule has 0 radical (unpaired) electrons. The third-order valence-corrected chi connectivity index (χ3v) is 12.3. The molecule has 0 spiro atoms. The van der Waals surface area contributed by atoms with Gasteiger partial charge in [0.1, 0.15) is 11.2 Å². The highest BCUT2D eigenvalue weighted by Crippen LogP contribution is 2.45. The van der Waals surface area contributed by atoms with E-state index in [0.29, 0.717) is 17.5 Å². The van der Waals surface area contributed by atoms with Crippen molar-refractivity contribution in [2.45, 2.75) is 0 Å². The van der Waals surface area contributed by atoms with E-state index < -0.39 is 0 Å². The van der Waals surface area contributed by atoms with E-state index >= 15 is 0 Å². The van der Waals surface area contributed by atoms with E-state index in [9.17, 15) is 0 Å². The molecule has 0 aliphatic heterocycles. The topological polar surface area (TPSA) is 56.7 Å². The van der Waals surface area contributed by atoms with Crippen molar-refractivity contribution in [3.63, 3.8) is 0 Å². The first-order chi connectivity index (χ1) is 28.2. The van der Waals surface area contributed by atoms with Gasteiger partial charge >= 0.3 is 0 Å². The molecule has 0 saturated heterocycles. The summed E-state index contributed by atoms with van der Waals surface area (Å²) in [5, 5.41) is 7.00. The minimum atomic E-state index is 0.652. The Labute approximate surface area is 330 Å². The number of thiophene rings is 1. The number of para-hydroxylation sites is 2. The van der Waals surface area contributed by atoms with E-state index in [2.05, 4.69) is 126 Å². The van der Waals surface area contributed by atoms with Crippen LogP contribution in [0.3, 0.4) is 0 Å². The van der Waals surface area contributed by atoms with Gasteiger partial charge in [-0.1, -0.05) is 133 Å². The lowest BCUT2D eigenvalue weighted by Gasteiger charge is -2.09. The molecular formula is C51H30N4OS. The first kappa shape index (κ1) is 31.9. The molecule has 12 rings (SSSR count). The maximum atomic E-state index is 6.45. The minimum absolute atomic E-state index is 0.652. The third-order valence-electron chi connectivity index (χ3n) is 11.1. The minimum Gasteiger partial charge on any atom is -0.456 e. The number of aromatic nitrogens is 4. The van der Waals surface area contributed by atoms with Gasteiger partial charge in [0, 0.05) is 64.1 Å². The van der Waals surface area contributed by atoms with Crippen molar-refractivity contribution in [3.05, 3.63) is 182 Å². The van der Waals surface area contributed by atoms with Gasteiger partial charge in [-0.2, -0.15) is 0 Å². The van der Waals surface area contributed by atoms with Gasteiger partial charge in [0.25, 0.3) is 0 Å². The Morgan fingerprint density at radius 1 is 0.404 bits per heavy atom. The van der Waals surface area contributed by atoms with E-state index in [4.69, 9.17) is 19.4 Å². The molecule has 0 bridgehead atoms. The fourth-order valence-electron chi connectivity index (χ4n) is 8.46. The highest BCUT2D eigenvalue weighted by Gasteiger charge is 2.20. The van der Waals surface area contributed by atoms with Crippen LogP contribution in [0.4, 0.5) is 0 Å². The number of nitrogens with zero attached hydrogens (tertiary/aromatic N) is 4. The zero-order chi connectivity index (χ0) is 37.5. The fourth-order valence-corrected chi connectivity index (χ4v) is 9.73. The summed E-state index contributed by atoms with van der Waals surface area (Å²) in [6, 6.07) is 63.8. The van der Waals surface area contributed by atoms with Crippen molar-refractivity contribution in [1.82, 2.24) is 19.5 Å². The van der Waals surface area contributed by atoms with Gasteiger partial charge in [-0.05, 0) is 59.7 Å². The van der Waals surface area contributed by atoms with E-state index in [0.717, 1.165) is 55.3 Å². The Balaban J connectivity index is 1.03. The standard InChI is InChI=1S/C51H30N4OS/c1-3-13-31(14-4-1)49-52-50(32-15-5-2-6-16-32)54-51(53-49)39-21-12-24-46-47(39)38-20-11-19-35(48(38)57-46)33-25-27-44-40(29-33)41-30-34(26-28-45(41)56-44)55-42-22-9-7-17-36(42)37-18-8-10-23-43(37)55/h1-30H. The molecule has 0 fully saturated rings. The van der Waals surface area contributed by atoms with Gasteiger partial charge in [-0.25, -0.2) is 15.0 Å². The van der Waals surface area contributed by atoms with Gasteiger partial charge in [0.15, 0.2) is 17.5 Å². The molecule has 12 aromatic rings. The Hall–Kier alpha value is -7.41. The van der Waals surface area contributed by atoms with Crippen LogP contribution in [0.2, 0.25) is 0 Å². The van der Waals surface area contributed by atoms with Crippen LogP contribution in [0.5, 0.6) is 0 Å². The van der Waals surface area contributed by atoms with Crippen molar-refractivity contribution < 1.29 is 4.42 Å². The molecule has 4 aromatic heterocycles. The Morgan fingerprint density at radius 3 is 1.67 bits per heavy atom. The molecule has 5 nitrogen and oxygen atoms in total. The maximum Gasteiger partial charge on any atom is 0.164 e. The fraction of sp³-hybridized carbons (Fsp3) is 0. The Bertz CT molecular complexity index is 3420. The molecule has 0 amide bonds. The van der Waals surface area contributed by atoms with Gasteiger partial charge < -0.3 is 8.98 Å². The molecule has 0 N–H and O–H groups in total. The van der Waals surface area contributed by atoms with Crippen molar-refractivity contribution in [2.75, 3.05) is 0 Å². The average Bonchev–Trinajstić information content (AvgIpc) is 3.96. The summed E-state index contributed by atoms with van der Waals surface area (Å²) in [7, 11) is 0. The van der Waals surface area contributed by atoms with E-state index in [1.165, 1.54) is 42.2 Å². The number of benzene rings is 8. The largest absolute Gasteiger partial charge is 0.456 e. The smallest absolute Gasteiger partial charge is 0.164 e. The first-order valence-electron chi connectivity index (χ1n) is 19.0. The summed E-state index contributed by atoms with van der Waals surface area (Å²) in [5.74, 6) is 1.96. The molecule has 0 aliphatic carbocycles. The predicted octanol–water partition coefficient (Wildman–Crippen LogP) is 13.9. The molecule has 0 saturated carbocycles. The van der Waals surface area contributed by atoms with Crippen LogP contribution in [0.25, 0.3) is 115 Å². The Kier molecular flexibility index (Phi) is 7.03. The lowest BCUT2D eigenvalue weighted by Crippen LogP contribution is -2.00. The van der Waals surface area contributed by atoms with E-state index in [1.54, 1.807) is 0 Å². The second kappa shape index (κ2) is 12.6. The molecule has 0 atom stereocenters. The number of hydrogen-bond acceptors (Lipinski definition) is 5. The van der Waals surface area contributed by atoms with Crippen LogP contribution in [-0.2, 0) is 0 Å². The first-order valence-corrected chi connectivity index (χ1v) is 19.8. The quantitative estimate of drug-likeness (QED) is 0.176. The van der Waals surface area contributed by atoms with Gasteiger partial charge in [-0.15, -0.1) is 11.3 Å². The summed E-state index contributed by atoms with van der Waals surface area (Å²) in [6.07, 6.45) is 0. The molecule has 0 unspecified atom stereocenters. The van der Waals surface area contributed by atoms with Crippen molar-refractivity contribution >= 4 is 75.3 Å². The van der Waals surface area contributed by atoms with Crippen LogP contribution in [0, 0.1) is 0 Å². The summed E-state index contributed by atoms with van der Waals surface area (Å²) < 4.78 is 11.2. The van der Waals surface area contributed by atoms with Crippen LogP contribution in [0.1, 0.15) is 0 Å². The van der Waals surface area contributed by atoms with Crippen molar-refractivity contribution in [3.8, 4) is 51.0 Å². The molecule has 266 valence electrons. The maximum absolute atomic E-state index is 6.45. The van der Waals surface area contributed by atoms with Crippen LogP contribution < -0.4 is 0 Å². The lowest BCUT2D eigenvalue weighted by atomic mass is 9.99. The Morgan fingerprint density at radius 2 is 0.965 bits per heavy atom. The lowest BCUT2D eigenvalue weighted by molar-refractivity contribution is 0.669. The second-order valence-electron chi connectivity index (χ2n) is 14.4. The molecular weight excluding hydrogens is 717 g/mol. The number of fused-ring (bicyclic) bond motifs is 9. The highest BCUT2D eigenvalue weighted by molar-refractivity contribution is 7.26. The van der Waals surface area contributed by atoms with Crippen LogP contribution in [-0.4, -0.2) is 19.5 Å². The molecule has 4 heterocycles. The second-order valence-corrected chi connectivity index (χ2v) is 15.4.